The summed E-state index contributed by atoms with van der Waals surface area (Å²) in [5.74, 6) is 0.0113. The highest BCUT2D eigenvalue weighted by molar-refractivity contribution is 5.80. The smallest absolute Gasteiger partial charge is 0.234 e. The number of hydrogen-bond donors (Lipinski definition) is 1. The third-order valence-corrected chi connectivity index (χ3v) is 4.82. The predicted molar refractivity (Wildman–Crippen MR) is 78.0 cm³/mol. The molecule has 0 bridgehead atoms. The fraction of sp³-hybridized carbons (Fsp3) is 0.867. The number of likely N-dealkylation sites (tertiary alicyclic amines) is 2. The Bertz CT molecular complexity index is 372. The van der Waals surface area contributed by atoms with Crippen molar-refractivity contribution in [3.8, 4) is 0 Å². The van der Waals surface area contributed by atoms with Gasteiger partial charge in [0.1, 0.15) is 0 Å². The van der Waals surface area contributed by atoms with Crippen LogP contribution in [0.1, 0.15) is 52.4 Å². The van der Waals surface area contributed by atoms with Crippen molar-refractivity contribution in [1.82, 2.24) is 9.80 Å². The summed E-state index contributed by atoms with van der Waals surface area (Å²) in [4.78, 5) is 28.0. The van der Waals surface area contributed by atoms with Crippen LogP contribution in [0.4, 0.5) is 0 Å². The minimum atomic E-state index is -0.231. The van der Waals surface area contributed by atoms with Crippen molar-refractivity contribution >= 4 is 11.8 Å². The zero-order valence-electron chi connectivity index (χ0n) is 12.7. The summed E-state index contributed by atoms with van der Waals surface area (Å²) in [7, 11) is 0. The van der Waals surface area contributed by atoms with Gasteiger partial charge in [0.15, 0.2) is 0 Å². The molecule has 0 aromatic heterocycles. The number of rotatable bonds is 5. The third-order valence-electron chi connectivity index (χ3n) is 4.82. The van der Waals surface area contributed by atoms with Crippen LogP contribution in [0.3, 0.4) is 0 Å². The van der Waals surface area contributed by atoms with E-state index >= 15 is 0 Å². The van der Waals surface area contributed by atoms with Gasteiger partial charge in [0.05, 0.1) is 6.04 Å². The summed E-state index contributed by atoms with van der Waals surface area (Å²) < 4.78 is 0. The molecule has 0 radical (unpaired) electrons. The predicted octanol–water partition coefficient (Wildman–Crippen LogP) is 1.12. The molecule has 2 aliphatic rings. The minimum absolute atomic E-state index is 0.179. The number of nitrogens with zero attached hydrogens (tertiary/aromatic N) is 2. The van der Waals surface area contributed by atoms with Crippen LogP contribution in [0.5, 0.6) is 0 Å². The minimum Gasteiger partial charge on any atom is -0.368 e. The molecule has 2 saturated heterocycles. The average Bonchev–Trinajstić information content (AvgIpc) is 3.06. The molecule has 20 heavy (non-hydrogen) atoms. The van der Waals surface area contributed by atoms with Gasteiger partial charge in [-0.15, -0.1) is 0 Å². The molecule has 114 valence electrons. The molecule has 0 aliphatic carbocycles. The van der Waals surface area contributed by atoms with Crippen molar-refractivity contribution in [3.05, 3.63) is 0 Å². The number of hydrogen-bond acceptors (Lipinski definition) is 3. The SMILES string of the molecule is CCC(=O)N1CCC[C@@H]1[C@H]1CCCN1[C@H](CC)C(N)=O. The Morgan fingerprint density at radius 2 is 1.80 bits per heavy atom. The van der Waals surface area contributed by atoms with E-state index in [1.165, 1.54) is 0 Å². The maximum atomic E-state index is 12.1. The molecule has 0 unspecified atom stereocenters. The van der Waals surface area contributed by atoms with Crippen molar-refractivity contribution in [1.29, 1.82) is 0 Å². The number of carbonyl (C=O) groups is 2. The van der Waals surface area contributed by atoms with E-state index in [1.54, 1.807) is 0 Å². The molecule has 2 N–H and O–H groups in total. The highest BCUT2D eigenvalue weighted by atomic mass is 16.2. The van der Waals surface area contributed by atoms with Crippen LogP contribution < -0.4 is 5.73 Å². The van der Waals surface area contributed by atoms with Crippen LogP contribution >= 0.6 is 0 Å². The fourth-order valence-electron chi connectivity index (χ4n) is 3.92. The van der Waals surface area contributed by atoms with Crippen molar-refractivity contribution in [2.75, 3.05) is 13.1 Å². The quantitative estimate of drug-likeness (QED) is 0.821. The van der Waals surface area contributed by atoms with Gasteiger partial charge < -0.3 is 10.6 Å². The van der Waals surface area contributed by atoms with E-state index in [0.717, 1.165) is 45.2 Å². The van der Waals surface area contributed by atoms with E-state index in [2.05, 4.69) is 4.90 Å². The molecule has 2 heterocycles. The highest BCUT2D eigenvalue weighted by Crippen LogP contribution is 2.32. The molecule has 5 heteroatoms. The van der Waals surface area contributed by atoms with Gasteiger partial charge in [0.2, 0.25) is 11.8 Å². The molecule has 2 rings (SSSR count). The van der Waals surface area contributed by atoms with Gasteiger partial charge in [-0.05, 0) is 38.6 Å². The Labute approximate surface area is 121 Å². The summed E-state index contributed by atoms with van der Waals surface area (Å²) in [6.07, 6.45) is 5.62. The van der Waals surface area contributed by atoms with Crippen molar-refractivity contribution in [2.24, 2.45) is 5.73 Å². The molecule has 0 saturated carbocycles. The second-order valence-electron chi connectivity index (χ2n) is 5.92. The van der Waals surface area contributed by atoms with Gasteiger partial charge in [-0.2, -0.15) is 0 Å². The van der Waals surface area contributed by atoms with Gasteiger partial charge in [-0.25, -0.2) is 0 Å². The molecule has 2 fully saturated rings. The number of nitrogens with two attached hydrogens (primary N) is 1. The Kier molecular flexibility index (Phi) is 5.02. The Morgan fingerprint density at radius 1 is 1.15 bits per heavy atom. The first-order valence-electron chi connectivity index (χ1n) is 7.94. The van der Waals surface area contributed by atoms with Crippen LogP contribution in [-0.4, -0.2) is 52.8 Å². The van der Waals surface area contributed by atoms with Crippen molar-refractivity contribution in [3.63, 3.8) is 0 Å². The van der Waals surface area contributed by atoms with Gasteiger partial charge in [0, 0.05) is 25.0 Å². The van der Waals surface area contributed by atoms with E-state index in [4.69, 9.17) is 5.73 Å². The zero-order chi connectivity index (χ0) is 14.7. The highest BCUT2D eigenvalue weighted by Gasteiger charge is 2.42. The van der Waals surface area contributed by atoms with E-state index < -0.39 is 0 Å². The number of carbonyl (C=O) groups excluding carboxylic acids is 2. The average molecular weight is 281 g/mol. The van der Waals surface area contributed by atoms with Gasteiger partial charge >= 0.3 is 0 Å². The molecular formula is C15H27N3O2. The van der Waals surface area contributed by atoms with Gasteiger partial charge in [-0.1, -0.05) is 13.8 Å². The van der Waals surface area contributed by atoms with E-state index in [1.807, 2.05) is 18.7 Å². The van der Waals surface area contributed by atoms with Crippen LogP contribution in [0.25, 0.3) is 0 Å². The van der Waals surface area contributed by atoms with Crippen LogP contribution in [0, 0.1) is 0 Å². The van der Waals surface area contributed by atoms with Gasteiger partial charge in [0.25, 0.3) is 0 Å². The van der Waals surface area contributed by atoms with E-state index in [0.29, 0.717) is 12.5 Å². The topological polar surface area (TPSA) is 66.6 Å². The second kappa shape index (κ2) is 6.57. The molecule has 2 amide bonds. The van der Waals surface area contributed by atoms with Crippen molar-refractivity contribution in [2.45, 2.75) is 70.5 Å². The molecule has 2 aliphatic heterocycles. The van der Waals surface area contributed by atoms with E-state index in [-0.39, 0.29) is 23.9 Å². The maximum Gasteiger partial charge on any atom is 0.234 e. The fourth-order valence-corrected chi connectivity index (χ4v) is 3.92. The summed E-state index contributed by atoms with van der Waals surface area (Å²) in [6.45, 7) is 5.72. The summed E-state index contributed by atoms with van der Waals surface area (Å²) in [5, 5.41) is 0. The summed E-state index contributed by atoms with van der Waals surface area (Å²) in [5.41, 5.74) is 5.55. The Hall–Kier alpha value is -1.10. The molecule has 5 nitrogen and oxygen atoms in total. The van der Waals surface area contributed by atoms with Crippen LogP contribution in [-0.2, 0) is 9.59 Å². The molecule has 0 aromatic rings. The third kappa shape index (κ3) is 2.82. The van der Waals surface area contributed by atoms with E-state index in [9.17, 15) is 9.59 Å². The number of primary amides is 1. The zero-order valence-corrected chi connectivity index (χ0v) is 12.7. The standard InChI is InChI=1S/C15H27N3O2/c1-3-11(15(16)20)17-9-5-7-12(17)13-8-6-10-18(13)14(19)4-2/h11-13H,3-10H2,1-2H3,(H2,16,20)/t11-,12-,13-/m1/s1. The Balaban J connectivity index is 2.13. The Morgan fingerprint density at radius 3 is 2.40 bits per heavy atom. The molecule has 3 atom stereocenters. The summed E-state index contributed by atoms with van der Waals surface area (Å²) >= 11 is 0. The van der Waals surface area contributed by atoms with Gasteiger partial charge in [-0.3, -0.25) is 14.5 Å². The first-order chi connectivity index (χ1) is 9.60. The first-order valence-corrected chi connectivity index (χ1v) is 7.94. The van der Waals surface area contributed by atoms with Crippen molar-refractivity contribution < 1.29 is 9.59 Å². The monoisotopic (exact) mass is 281 g/mol. The molecule has 0 spiro atoms. The van der Waals surface area contributed by atoms with Crippen LogP contribution in [0.2, 0.25) is 0 Å². The second-order valence-corrected chi connectivity index (χ2v) is 5.92. The summed E-state index contributed by atoms with van der Waals surface area (Å²) in [6, 6.07) is 0.408. The maximum absolute atomic E-state index is 12.1. The lowest BCUT2D eigenvalue weighted by atomic mass is 10.0. The normalized spacial score (nSPS) is 28.8. The molecule has 0 aromatic carbocycles. The van der Waals surface area contributed by atoms with Crippen LogP contribution in [0.15, 0.2) is 0 Å². The number of amides is 2. The lowest BCUT2D eigenvalue weighted by Gasteiger charge is -2.37. The largest absolute Gasteiger partial charge is 0.368 e. The first kappa shape index (κ1) is 15.3. The lowest BCUT2D eigenvalue weighted by Crippen LogP contribution is -2.54. The molecular weight excluding hydrogens is 254 g/mol. The lowest BCUT2D eigenvalue weighted by molar-refractivity contribution is -0.133.